The van der Waals surface area contributed by atoms with Crippen LogP contribution in [0.15, 0.2) is 83.8 Å². The fourth-order valence-electron chi connectivity index (χ4n) is 4.30. The van der Waals surface area contributed by atoms with Crippen molar-refractivity contribution in [1.29, 1.82) is 0 Å². The number of aromatic nitrogens is 5. The fourth-order valence-corrected chi connectivity index (χ4v) is 5.20. The molecule has 6 aromatic rings. The van der Waals surface area contributed by atoms with Crippen LogP contribution in [0.1, 0.15) is 35.9 Å². The molecule has 0 unspecified atom stereocenters. The first kappa shape index (κ1) is 26.3. The molecule has 0 saturated carbocycles. The van der Waals surface area contributed by atoms with E-state index >= 15 is 0 Å². The Morgan fingerprint density at radius 3 is 2.54 bits per heavy atom. The lowest BCUT2D eigenvalue weighted by atomic mass is 10.1. The average molecular weight is 564 g/mol. The zero-order valence-electron chi connectivity index (χ0n) is 22.5. The van der Waals surface area contributed by atoms with E-state index in [4.69, 9.17) is 9.84 Å². The lowest BCUT2D eigenvalue weighted by Gasteiger charge is -2.03. The van der Waals surface area contributed by atoms with Crippen LogP contribution in [-0.4, -0.2) is 31.0 Å². The molecule has 0 spiro atoms. The molecule has 0 radical (unpaired) electrons. The highest BCUT2D eigenvalue weighted by Gasteiger charge is 2.15. The van der Waals surface area contributed by atoms with E-state index < -0.39 is 0 Å². The van der Waals surface area contributed by atoms with Crippen molar-refractivity contribution in [2.24, 2.45) is 0 Å². The van der Waals surface area contributed by atoms with Gasteiger partial charge in [0.25, 0.3) is 5.56 Å². The number of rotatable bonds is 8. The molecule has 0 fully saturated rings. The molecule has 0 saturated heterocycles. The van der Waals surface area contributed by atoms with Crippen molar-refractivity contribution in [2.75, 3.05) is 6.61 Å². The van der Waals surface area contributed by atoms with Gasteiger partial charge in [0, 0.05) is 17.3 Å². The molecule has 3 aromatic carbocycles. The minimum absolute atomic E-state index is 0.275. The number of halogens is 1. The molecule has 7 nitrogen and oxygen atoms in total. The third-order valence-electron chi connectivity index (χ3n) is 6.47. The predicted octanol–water partition coefficient (Wildman–Crippen LogP) is 5.96. The molecule has 0 amide bonds. The number of hydrogen-bond acceptors (Lipinski definition) is 6. The molecule has 0 aliphatic heterocycles. The van der Waals surface area contributed by atoms with E-state index in [0.717, 1.165) is 23.4 Å². The first-order chi connectivity index (χ1) is 20.0. The first-order valence-corrected chi connectivity index (χ1v) is 14.0. The van der Waals surface area contributed by atoms with E-state index in [1.807, 2.05) is 72.9 Å². The normalized spacial score (nSPS) is 12.1. The Kier molecular flexibility index (Phi) is 7.26. The highest BCUT2D eigenvalue weighted by Crippen LogP contribution is 2.26. The van der Waals surface area contributed by atoms with Crippen LogP contribution >= 0.6 is 11.3 Å². The van der Waals surface area contributed by atoms with Crippen molar-refractivity contribution in [3.8, 4) is 22.7 Å². The van der Waals surface area contributed by atoms with Crippen molar-refractivity contribution in [2.45, 2.75) is 20.3 Å². The van der Waals surface area contributed by atoms with Crippen LogP contribution in [0.3, 0.4) is 0 Å². The lowest BCUT2D eigenvalue weighted by molar-refractivity contribution is 0.317. The van der Waals surface area contributed by atoms with Gasteiger partial charge in [-0.3, -0.25) is 4.79 Å². The van der Waals surface area contributed by atoms with Gasteiger partial charge < -0.3 is 4.74 Å². The summed E-state index contributed by atoms with van der Waals surface area (Å²) in [4.78, 5) is 18.3. The van der Waals surface area contributed by atoms with Gasteiger partial charge in [0.1, 0.15) is 17.3 Å². The van der Waals surface area contributed by atoms with E-state index in [9.17, 15) is 9.18 Å². The molecular weight excluding hydrogens is 537 g/mol. The number of hydrogen-bond donors (Lipinski definition) is 0. The summed E-state index contributed by atoms with van der Waals surface area (Å²) < 4.78 is 23.6. The SMILES string of the molecule is CCCOc1ccc(/C=C/c2nc3s/c(=C\c4cn(-c5ccccc5)nc4-c4ccc(C)c(F)c4)c(=O)n3n2)cc1. The number of para-hydroxylation sites is 1. The molecule has 204 valence electrons. The molecular formula is C32H26FN5O2S. The van der Waals surface area contributed by atoms with Gasteiger partial charge in [-0.05, 0) is 67.0 Å². The number of ether oxygens (including phenoxy) is 1. The zero-order chi connectivity index (χ0) is 28.3. The van der Waals surface area contributed by atoms with E-state index in [2.05, 4.69) is 17.0 Å². The standard InChI is InChI=1S/C32H26FN5O2S/c1-3-17-40-26-14-10-22(11-15-26)12-16-29-34-32-38(35-29)31(39)28(41-32)19-24-20-37(25-7-5-4-6-8-25)36-30(24)23-13-9-21(2)27(33)18-23/h4-16,18-20H,3,17H2,1-2H3/b16-12+,28-19-. The summed E-state index contributed by atoms with van der Waals surface area (Å²) in [6, 6.07) is 22.4. The molecule has 6 rings (SSSR count). The largest absolute Gasteiger partial charge is 0.494 e. The Bertz CT molecular complexity index is 1970. The van der Waals surface area contributed by atoms with E-state index in [0.29, 0.717) is 44.3 Å². The molecule has 0 N–H and O–H groups in total. The summed E-state index contributed by atoms with van der Waals surface area (Å²) in [7, 11) is 0. The molecule has 0 bridgehead atoms. The number of fused-ring (bicyclic) bond motifs is 1. The molecule has 0 aliphatic carbocycles. The lowest BCUT2D eigenvalue weighted by Crippen LogP contribution is -2.23. The molecule has 9 heteroatoms. The highest BCUT2D eigenvalue weighted by molar-refractivity contribution is 7.15. The summed E-state index contributed by atoms with van der Waals surface area (Å²) in [5.41, 5.74) is 3.98. The van der Waals surface area contributed by atoms with Crippen LogP contribution in [0.25, 0.3) is 40.1 Å². The van der Waals surface area contributed by atoms with Crippen LogP contribution in [0.2, 0.25) is 0 Å². The molecule has 0 atom stereocenters. The quantitative estimate of drug-likeness (QED) is 0.229. The Labute approximate surface area is 239 Å². The van der Waals surface area contributed by atoms with Crippen molar-refractivity contribution >= 4 is 34.5 Å². The molecule has 3 heterocycles. The number of aryl methyl sites for hydroxylation is 1. The van der Waals surface area contributed by atoms with Crippen LogP contribution in [0.4, 0.5) is 4.39 Å². The minimum atomic E-state index is -0.313. The Morgan fingerprint density at radius 1 is 1.00 bits per heavy atom. The van der Waals surface area contributed by atoms with Crippen LogP contribution in [-0.2, 0) is 0 Å². The Balaban J connectivity index is 1.34. The maximum absolute atomic E-state index is 14.5. The van der Waals surface area contributed by atoms with Gasteiger partial charge in [-0.15, -0.1) is 5.10 Å². The average Bonchev–Trinajstić information content (AvgIpc) is 3.68. The summed E-state index contributed by atoms with van der Waals surface area (Å²) in [6.07, 6.45) is 8.23. The summed E-state index contributed by atoms with van der Waals surface area (Å²) in [5.74, 6) is 0.959. The van der Waals surface area contributed by atoms with Gasteiger partial charge in [-0.2, -0.15) is 14.6 Å². The second-order valence-corrected chi connectivity index (χ2v) is 10.5. The van der Waals surface area contributed by atoms with Crippen LogP contribution in [0, 0.1) is 12.7 Å². The second-order valence-electron chi connectivity index (χ2n) is 9.51. The van der Waals surface area contributed by atoms with Crippen molar-refractivity contribution in [3.05, 3.63) is 122 Å². The Hall–Kier alpha value is -4.89. The van der Waals surface area contributed by atoms with Crippen molar-refractivity contribution in [3.63, 3.8) is 0 Å². The third-order valence-corrected chi connectivity index (χ3v) is 7.43. The van der Waals surface area contributed by atoms with Crippen LogP contribution in [0.5, 0.6) is 5.75 Å². The fraction of sp³-hybridized carbons (Fsp3) is 0.125. The van der Waals surface area contributed by atoms with E-state index in [1.165, 1.54) is 21.9 Å². The topological polar surface area (TPSA) is 74.3 Å². The molecule has 41 heavy (non-hydrogen) atoms. The minimum Gasteiger partial charge on any atom is -0.494 e. The number of nitrogens with zero attached hydrogens (tertiary/aromatic N) is 5. The first-order valence-electron chi connectivity index (χ1n) is 13.2. The second kappa shape index (κ2) is 11.3. The molecule has 3 aromatic heterocycles. The van der Waals surface area contributed by atoms with Crippen molar-refractivity contribution in [1.82, 2.24) is 24.4 Å². The third kappa shape index (κ3) is 5.57. The van der Waals surface area contributed by atoms with E-state index in [1.54, 1.807) is 29.8 Å². The van der Waals surface area contributed by atoms with Gasteiger partial charge in [-0.25, -0.2) is 9.07 Å². The number of benzene rings is 3. The van der Waals surface area contributed by atoms with Gasteiger partial charge >= 0.3 is 0 Å². The summed E-state index contributed by atoms with van der Waals surface area (Å²) in [5, 5.41) is 9.15. The predicted molar refractivity (Wildman–Crippen MR) is 161 cm³/mol. The summed E-state index contributed by atoms with van der Waals surface area (Å²) in [6.45, 7) is 4.47. The Morgan fingerprint density at radius 2 is 1.80 bits per heavy atom. The highest BCUT2D eigenvalue weighted by atomic mass is 32.1. The maximum atomic E-state index is 14.5. The smallest absolute Gasteiger partial charge is 0.291 e. The van der Waals surface area contributed by atoms with E-state index in [-0.39, 0.29) is 11.4 Å². The zero-order valence-corrected chi connectivity index (χ0v) is 23.3. The van der Waals surface area contributed by atoms with Gasteiger partial charge in [0.2, 0.25) is 4.96 Å². The van der Waals surface area contributed by atoms with Gasteiger partial charge in [0.05, 0.1) is 16.8 Å². The van der Waals surface area contributed by atoms with Gasteiger partial charge in [0.15, 0.2) is 5.82 Å². The number of thiazole rings is 1. The maximum Gasteiger partial charge on any atom is 0.291 e. The molecule has 0 aliphatic rings. The summed E-state index contributed by atoms with van der Waals surface area (Å²) >= 11 is 1.25. The van der Waals surface area contributed by atoms with Crippen LogP contribution < -0.4 is 14.8 Å². The van der Waals surface area contributed by atoms with Crippen molar-refractivity contribution < 1.29 is 9.13 Å². The van der Waals surface area contributed by atoms with Gasteiger partial charge in [-0.1, -0.05) is 66.8 Å². The monoisotopic (exact) mass is 563 g/mol.